The fourth-order valence-electron chi connectivity index (χ4n) is 4.02. The summed E-state index contributed by atoms with van der Waals surface area (Å²) in [7, 11) is 0. The second kappa shape index (κ2) is 7.89. The summed E-state index contributed by atoms with van der Waals surface area (Å²) >= 11 is 1.45. The number of pyridine rings is 2. The Morgan fingerprint density at radius 2 is 1.97 bits per heavy atom. The van der Waals surface area contributed by atoms with Crippen LogP contribution in [0.3, 0.4) is 0 Å². The van der Waals surface area contributed by atoms with Crippen LogP contribution in [0.25, 0.3) is 38.3 Å². The summed E-state index contributed by atoms with van der Waals surface area (Å²) in [6, 6.07) is 13.2. The minimum absolute atomic E-state index is 0.0434. The van der Waals surface area contributed by atoms with Gasteiger partial charge in [0.25, 0.3) is 0 Å². The van der Waals surface area contributed by atoms with Crippen molar-refractivity contribution >= 4 is 45.1 Å². The summed E-state index contributed by atoms with van der Waals surface area (Å²) in [6.45, 7) is 1.56. The molecule has 0 aliphatic carbocycles. The van der Waals surface area contributed by atoms with Gasteiger partial charge in [-0.15, -0.1) is 11.3 Å². The van der Waals surface area contributed by atoms with E-state index in [0.29, 0.717) is 32.7 Å². The molecule has 5 aromatic rings. The van der Waals surface area contributed by atoms with E-state index in [9.17, 15) is 4.79 Å². The molecule has 7 nitrogen and oxygen atoms in total. The van der Waals surface area contributed by atoms with Gasteiger partial charge in [-0.25, -0.2) is 4.39 Å². The fourth-order valence-corrected chi connectivity index (χ4v) is 4.95. The Hall–Kier alpha value is -4.37. The molecule has 0 amide bonds. The van der Waals surface area contributed by atoms with Crippen molar-refractivity contribution < 1.29 is 9.18 Å². The summed E-state index contributed by atoms with van der Waals surface area (Å²) in [5.41, 5.74) is 5.04. The van der Waals surface area contributed by atoms with Gasteiger partial charge in [-0.3, -0.25) is 19.9 Å². The number of carbonyl (C=O) groups excluding carboxylic acids is 1. The first-order chi connectivity index (χ1) is 16.6. The molecule has 0 unspecified atom stereocenters. The van der Waals surface area contributed by atoms with Gasteiger partial charge in [0.15, 0.2) is 11.6 Å². The van der Waals surface area contributed by atoms with E-state index < -0.39 is 5.82 Å². The summed E-state index contributed by atoms with van der Waals surface area (Å²) in [5.74, 6) is -0.422. The van der Waals surface area contributed by atoms with Gasteiger partial charge in [0, 0.05) is 34.6 Å². The molecular weight excluding hydrogens is 451 g/mol. The normalized spacial score (nSPS) is 12.6. The maximum absolute atomic E-state index is 15.6. The molecule has 3 N–H and O–H groups in total. The van der Waals surface area contributed by atoms with Crippen LogP contribution in [0.15, 0.2) is 67.3 Å². The van der Waals surface area contributed by atoms with Gasteiger partial charge >= 0.3 is 0 Å². The Morgan fingerprint density at radius 1 is 1.06 bits per heavy atom. The second-order valence-corrected chi connectivity index (χ2v) is 8.88. The Morgan fingerprint density at radius 3 is 2.76 bits per heavy atom. The van der Waals surface area contributed by atoms with E-state index in [0.717, 1.165) is 21.8 Å². The highest BCUT2D eigenvalue weighted by Gasteiger charge is 2.23. The lowest BCUT2D eigenvalue weighted by Crippen LogP contribution is -2.11. The number of nitrogens with zero attached hydrogens (tertiary/aromatic N) is 3. The molecule has 1 aliphatic heterocycles. The van der Waals surface area contributed by atoms with Crippen LogP contribution < -0.4 is 10.6 Å². The van der Waals surface area contributed by atoms with Crippen molar-refractivity contribution in [1.82, 2.24) is 20.2 Å². The zero-order valence-corrected chi connectivity index (χ0v) is 18.7. The highest BCUT2D eigenvalue weighted by molar-refractivity contribution is 7.17. The number of thiophene rings is 1. The molecule has 0 fully saturated rings. The molecule has 166 valence electrons. The number of fused-ring (bicyclic) bond motifs is 2. The topological polar surface area (TPSA) is 95.6 Å². The molecule has 4 aromatic heterocycles. The lowest BCUT2D eigenvalue weighted by molar-refractivity contribution is 0.102. The van der Waals surface area contributed by atoms with Crippen molar-refractivity contribution in [1.29, 1.82) is 0 Å². The molecule has 9 heteroatoms. The summed E-state index contributed by atoms with van der Waals surface area (Å²) in [6.07, 6.45) is 6.55. The monoisotopic (exact) mass is 468 g/mol. The molecule has 0 saturated carbocycles. The molecule has 1 aromatic carbocycles. The molecule has 0 saturated heterocycles. The first-order valence-electron chi connectivity index (χ1n) is 10.5. The van der Waals surface area contributed by atoms with Crippen molar-refractivity contribution in [2.45, 2.75) is 6.92 Å². The van der Waals surface area contributed by atoms with E-state index in [1.54, 1.807) is 43.8 Å². The van der Waals surface area contributed by atoms with Crippen LogP contribution in [-0.2, 0) is 0 Å². The third-order valence-corrected chi connectivity index (χ3v) is 6.87. The minimum atomic E-state index is -0.466. The molecule has 6 rings (SSSR count). The van der Waals surface area contributed by atoms with Crippen LogP contribution in [-0.4, -0.2) is 25.9 Å². The third kappa shape index (κ3) is 3.25. The SMILES string of the molecule is CC(=O)c1ccc(-c2cccc3c2NC=C(c2n[nH]c4cnc(-c5cccnc5)c(F)c24)N3)s1. The number of ketones is 1. The number of hydrogen-bond donors (Lipinski definition) is 3. The largest absolute Gasteiger partial charge is 0.358 e. The van der Waals surface area contributed by atoms with E-state index in [2.05, 4.69) is 30.8 Å². The average Bonchev–Trinajstić information content (AvgIpc) is 3.52. The standard InChI is InChI=1S/C25H17FN6OS/c1-13(33)19-7-8-20(34-19)15-5-2-6-16-24(15)29-12-18(30-16)25-21-17(31-32-25)11-28-23(22(21)26)14-4-3-9-27-10-14/h2-12,29-30H,1H3,(H,31,32). The van der Waals surface area contributed by atoms with Gasteiger partial charge in [0.2, 0.25) is 0 Å². The number of aromatic nitrogens is 4. The predicted molar refractivity (Wildman–Crippen MR) is 132 cm³/mol. The van der Waals surface area contributed by atoms with Gasteiger partial charge in [0.05, 0.1) is 39.0 Å². The summed E-state index contributed by atoms with van der Waals surface area (Å²) < 4.78 is 15.6. The van der Waals surface area contributed by atoms with Crippen molar-refractivity contribution in [3.8, 4) is 21.7 Å². The molecule has 1 aliphatic rings. The van der Waals surface area contributed by atoms with E-state index in [1.807, 2.05) is 30.3 Å². The number of rotatable bonds is 4. The lowest BCUT2D eigenvalue weighted by Gasteiger charge is -2.22. The molecule has 5 heterocycles. The van der Waals surface area contributed by atoms with E-state index in [1.165, 1.54) is 11.3 Å². The number of halogens is 1. The van der Waals surface area contributed by atoms with Crippen LogP contribution in [0.4, 0.5) is 15.8 Å². The Labute approximate surface area is 197 Å². The zero-order valence-electron chi connectivity index (χ0n) is 17.9. The number of carbonyl (C=O) groups is 1. The number of H-pyrrole nitrogens is 1. The predicted octanol–water partition coefficient (Wildman–Crippen LogP) is 5.93. The third-order valence-electron chi connectivity index (χ3n) is 5.65. The summed E-state index contributed by atoms with van der Waals surface area (Å²) in [4.78, 5) is 21.8. The van der Waals surface area contributed by atoms with Crippen LogP contribution in [0.5, 0.6) is 0 Å². The molecule has 0 bridgehead atoms. The van der Waals surface area contributed by atoms with Crippen molar-refractivity contribution in [2.75, 3.05) is 10.6 Å². The van der Waals surface area contributed by atoms with Crippen molar-refractivity contribution in [3.63, 3.8) is 0 Å². The number of nitrogens with one attached hydrogen (secondary N) is 3. The van der Waals surface area contributed by atoms with Gasteiger partial charge in [-0.05, 0) is 37.3 Å². The van der Waals surface area contributed by atoms with Crippen LogP contribution in [0.2, 0.25) is 0 Å². The number of aromatic amines is 1. The van der Waals surface area contributed by atoms with E-state index in [-0.39, 0.29) is 11.5 Å². The number of benzene rings is 1. The Kier molecular flexibility index (Phi) is 4.70. The number of Topliss-reactive ketones (excluding diaryl/α,β-unsaturated/α-hetero) is 1. The fraction of sp³-hybridized carbons (Fsp3) is 0.0400. The van der Waals surface area contributed by atoms with Gasteiger partial charge < -0.3 is 10.6 Å². The number of hydrogen-bond acceptors (Lipinski definition) is 7. The van der Waals surface area contributed by atoms with Crippen LogP contribution in [0.1, 0.15) is 22.3 Å². The van der Waals surface area contributed by atoms with Crippen LogP contribution in [0, 0.1) is 5.82 Å². The second-order valence-electron chi connectivity index (χ2n) is 7.80. The number of anilines is 2. The summed E-state index contributed by atoms with van der Waals surface area (Å²) in [5, 5.41) is 14.3. The zero-order chi connectivity index (χ0) is 23.2. The Balaban J connectivity index is 1.40. The average molecular weight is 469 g/mol. The first kappa shape index (κ1) is 20.3. The lowest BCUT2D eigenvalue weighted by atomic mass is 10.1. The number of para-hydroxylation sites is 1. The molecule has 0 radical (unpaired) electrons. The molecular formula is C25H17FN6OS. The maximum Gasteiger partial charge on any atom is 0.169 e. The van der Waals surface area contributed by atoms with Gasteiger partial charge in [-0.1, -0.05) is 12.1 Å². The van der Waals surface area contributed by atoms with Gasteiger partial charge in [0.1, 0.15) is 11.4 Å². The minimum Gasteiger partial charge on any atom is -0.358 e. The molecule has 0 atom stereocenters. The van der Waals surface area contributed by atoms with Gasteiger partial charge in [-0.2, -0.15) is 5.10 Å². The highest BCUT2D eigenvalue weighted by atomic mass is 32.1. The maximum atomic E-state index is 15.6. The van der Waals surface area contributed by atoms with Crippen molar-refractivity contribution in [3.05, 3.63) is 83.6 Å². The van der Waals surface area contributed by atoms with E-state index in [4.69, 9.17) is 0 Å². The van der Waals surface area contributed by atoms with Crippen LogP contribution >= 0.6 is 11.3 Å². The molecule has 0 spiro atoms. The highest BCUT2D eigenvalue weighted by Crippen LogP contribution is 2.42. The molecule has 34 heavy (non-hydrogen) atoms. The van der Waals surface area contributed by atoms with E-state index >= 15 is 4.39 Å². The smallest absolute Gasteiger partial charge is 0.169 e. The first-order valence-corrected chi connectivity index (χ1v) is 11.3. The quantitative estimate of drug-likeness (QED) is 0.283. The van der Waals surface area contributed by atoms with Crippen molar-refractivity contribution in [2.24, 2.45) is 0 Å². The Bertz CT molecular complexity index is 1600.